The molecule has 0 saturated heterocycles. The number of rotatable bonds is 10. The average Bonchev–Trinajstić information content (AvgIpc) is 2.88. The lowest BCUT2D eigenvalue weighted by atomic mass is 9.97. The largest absolute Gasteiger partial charge is 0.496 e. The number of benzene rings is 3. The molecule has 3 aromatic carbocycles. The average molecular weight is 502 g/mol. The van der Waals surface area contributed by atoms with Crippen LogP contribution in [0.25, 0.3) is 22.1 Å². The molecule has 0 amide bonds. The predicted octanol–water partition coefficient (Wildman–Crippen LogP) is 5.15. The van der Waals surface area contributed by atoms with Crippen molar-refractivity contribution in [3.05, 3.63) is 87.8 Å². The lowest BCUT2D eigenvalue weighted by Crippen LogP contribution is -2.19. The highest BCUT2D eigenvalue weighted by molar-refractivity contribution is 5.99. The summed E-state index contributed by atoms with van der Waals surface area (Å²) in [5.41, 5.74) is 3.33. The fourth-order valence-corrected chi connectivity index (χ4v) is 4.15. The molecule has 7 nitrogen and oxygen atoms in total. The number of methoxy groups -OCH3 is 2. The van der Waals surface area contributed by atoms with Crippen molar-refractivity contribution in [2.45, 2.75) is 13.3 Å². The highest BCUT2D eigenvalue weighted by atomic mass is 16.5. The van der Waals surface area contributed by atoms with Gasteiger partial charge in [-0.15, -0.1) is 0 Å². The van der Waals surface area contributed by atoms with Gasteiger partial charge in [-0.2, -0.15) is 0 Å². The van der Waals surface area contributed by atoms with Crippen LogP contribution >= 0.6 is 0 Å². The lowest BCUT2D eigenvalue weighted by molar-refractivity contribution is 0.0992. The molecular formula is C30H31NO6. The van der Waals surface area contributed by atoms with Crippen LogP contribution in [0.1, 0.15) is 21.5 Å². The first-order valence-corrected chi connectivity index (χ1v) is 12.0. The number of hydrogen-bond acceptors (Lipinski definition) is 7. The number of carbonyl (C=O) groups excluding carboxylic acids is 1. The van der Waals surface area contributed by atoms with Gasteiger partial charge in [0.15, 0.2) is 17.1 Å². The van der Waals surface area contributed by atoms with Gasteiger partial charge in [0, 0.05) is 35.0 Å². The van der Waals surface area contributed by atoms with Crippen molar-refractivity contribution < 1.29 is 23.4 Å². The molecule has 0 aliphatic carbocycles. The zero-order chi connectivity index (χ0) is 26.5. The SMILES string of the molecule is COc1ccc(C(=O)Cc2cc3ccc(OCCN(C)C)c(OC)c3oc2=O)cc1-c1cccc(C)c1. The molecule has 1 heterocycles. The molecule has 0 aliphatic heterocycles. The van der Waals surface area contributed by atoms with Gasteiger partial charge in [0.1, 0.15) is 12.4 Å². The molecule has 4 aromatic rings. The standard InChI is InChI=1S/C30H31NO6/c1-19-7-6-8-20(15-19)24-17-21(9-11-26(24)34-4)25(32)18-23-16-22-10-12-27(36-14-13-31(2)3)29(35-5)28(22)37-30(23)33/h6-12,15-17H,13-14,18H2,1-5H3. The van der Waals surface area contributed by atoms with Gasteiger partial charge in [-0.25, -0.2) is 4.79 Å². The van der Waals surface area contributed by atoms with Crippen LogP contribution in [-0.4, -0.2) is 52.1 Å². The summed E-state index contributed by atoms with van der Waals surface area (Å²) >= 11 is 0. The zero-order valence-electron chi connectivity index (χ0n) is 21.8. The van der Waals surface area contributed by atoms with E-state index in [9.17, 15) is 9.59 Å². The molecule has 1 aromatic heterocycles. The molecule has 0 aliphatic rings. The topological polar surface area (TPSA) is 78.2 Å². The van der Waals surface area contributed by atoms with Gasteiger partial charge in [0.05, 0.1) is 14.2 Å². The fraction of sp³-hybridized carbons (Fsp3) is 0.267. The van der Waals surface area contributed by atoms with E-state index < -0.39 is 5.63 Å². The Labute approximate surface area is 216 Å². The maximum absolute atomic E-state index is 13.2. The van der Waals surface area contributed by atoms with Crippen molar-refractivity contribution in [1.82, 2.24) is 4.90 Å². The molecule has 0 atom stereocenters. The molecule has 4 rings (SSSR count). The van der Waals surface area contributed by atoms with Gasteiger partial charge in [-0.1, -0.05) is 29.8 Å². The summed E-state index contributed by atoms with van der Waals surface area (Å²) in [5, 5.41) is 0.648. The van der Waals surface area contributed by atoms with E-state index in [-0.39, 0.29) is 23.4 Å². The Bertz CT molecular complexity index is 1490. The highest BCUT2D eigenvalue weighted by Gasteiger charge is 2.18. The summed E-state index contributed by atoms with van der Waals surface area (Å²) in [4.78, 5) is 28.1. The van der Waals surface area contributed by atoms with Crippen LogP contribution in [-0.2, 0) is 6.42 Å². The van der Waals surface area contributed by atoms with Gasteiger partial charge in [0.2, 0.25) is 5.75 Å². The Balaban J connectivity index is 1.63. The maximum atomic E-state index is 13.2. The number of ketones is 1. The van der Waals surface area contributed by atoms with Gasteiger partial charge >= 0.3 is 5.63 Å². The number of Topliss-reactive ketones (excluding diaryl/α,β-unsaturated/α-hetero) is 1. The Kier molecular flexibility index (Phi) is 7.94. The number of hydrogen-bond donors (Lipinski definition) is 0. The van der Waals surface area contributed by atoms with Crippen LogP contribution in [0.5, 0.6) is 17.2 Å². The van der Waals surface area contributed by atoms with Crippen molar-refractivity contribution in [3.8, 4) is 28.4 Å². The monoisotopic (exact) mass is 501 g/mol. The van der Waals surface area contributed by atoms with Crippen LogP contribution in [0, 0.1) is 6.92 Å². The molecule has 7 heteroatoms. The Morgan fingerprint density at radius 3 is 2.43 bits per heavy atom. The summed E-state index contributed by atoms with van der Waals surface area (Å²) in [5.74, 6) is 1.32. The van der Waals surface area contributed by atoms with Gasteiger partial charge in [-0.05, 0) is 63.0 Å². The van der Waals surface area contributed by atoms with E-state index in [2.05, 4.69) is 0 Å². The molecule has 0 unspecified atom stereocenters. The molecule has 0 spiro atoms. The number of fused-ring (bicyclic) bond motifs is 1. The third kappa shape index (κ3) is 5.84. The molecule has 0 saturated carbocycles. The molecule has 0 N–H and O–H groups in total. The zero-order valence-corrected chi connectivity index (χ0v) is 21.8. The van der Waals surface area contributed by atoms with E-state index in [0.29, 0.717) is 34.8 Å². The quantitative estimate of drug-likeness (QED) is 0.220. The smallest absolute Gasteiger partial charge is 0.340 e. The molecular weight excluding hydrogens is 470 g/mol. The molecule has 192 valence electrons. The summed E-state index contributed by atoms with van der Waals surface area (Å²) in [6, 6.07) is 18.5. The second kappa shape index (κ2) is 11.3. The maximum Gasteiger partial charge on any atom is 0.340 e. The van der Waals surface area contributed by atoms with Gasteiger partial charge in [0.25, 0.3) is 0 Å². The normalized spacial score (nSPS) is 11.1. The molecule has 0 bridgehead atoms. The number of ether oxygens (including phenoxy) is 3. The molecule has 0 radical (unpaired) electrons. The minimum atomic E-state index is -0.586. The van der Waals surface area contributed by atoms with Crippen molar-refractivity contribution in [3.63, 3.8) is 0 Å². The summed E-state index contributed by atoms with van der Waals surface area (Å²) < 4.78 is 22.5. The summed E-state index contributed by atoms with van der Waals surface area (Å²) in [7, 11) is 7.01. The van der Waals surface area contributed by atoms with Crippen molar-refractivity contribution in [1.29, 1.82) is 0 Å². The van der Waals surface area contributed by atoms with Crippen LogP contribution < -0.4 is 19.8 Å². The second-order valence-corrected chi connectivity index (χ2v) is 9.11. The van der Waals surface area contributed by atoms with E-state index in [1.54, 1.807) is 43.5 Å². The first-order valence-electron chi connectivity index (χ1n) is 12.0. The third-order valence-electron chi connectivity index (χ3n) is 6.09. The second-order valence-electron chi connectivity index (χ2n) is 9.11. The van der Waals surface area contributed by atoms with Gasteiger partial charge in [-0.3, -0.25) is 4.79 Å². The minimum Gasteiger partial charge on any atom is -0.496 e. The molecule has 37 heavy (non-hydrogen) atoms. The fourth-order valence-electron chi connectivity index (χ4n) is 4.15. The lowest BCUT2D eigenvalue weighted by Gasteiger charge is -2.14. The van der Waals surface area contributed by atoms with Crippen molar-refractivity contribution >= 4 is 16.8 Å². The van der Waals surface area contributed by atoms with E-state index >= 15 is 0 Å². The van der Waals surface area contributed by atoms with Crippen LogP contribution in [0.15, 0.2) is 69.9 Å². The number of nitrogens with zero attached hydrogens (tertiary/aromatic N) is 1. The van der Waals surface area contributed by atoms with E-state index in [0.717, 1.165) is 23.2 Å². The number of aryl methyl sites for hydroxylation is 1. The minimum absolute atomic E-state index is 0.0960. The van der Waals surface area contributed by atoms with E-state index in [1.165, 1.54) is 7.11 Å². The summed E-state index contributed by atoms with van der Waals surface area (Å²) in [6.45, 7) is 3.19. The predicted molar refractivity (Wildman–Crippen MR) is 144 cm³/mol. The summed E-state index contributed by atoms with van der Waals surface area (Å²) in [6.07, 6.45) is -0.0960. The number of likely N-dealkylation sites (N-methyl/N-ethyl adjacent to an activating group) is 1. The Morgan fingerprint density at radius 1 is 0.946 bits per heavy atom. The Hall–Kier alpha value is -4.10. The molecule has 0 fully saturated rings. The Morgan fingerprint density at radius 2 is 1.73 bits per heavy atom. The van der Waals surface area contributed by atoms with Crippen molar-refractivity contribution in [2.24, 2.45) is 0 Å². The van der Waals surface area contributed by atoms with E-state index in [1.807, 2.05) is 50.2 Å². The van der Waals surface area contributed by atoms with Crippen LogP contribution in [0.2, 0.25) is 0 Å². The van der Waals surface area contributed by atoms with Crippen molar-refractivity contribution in [2.75, 3.05) is 41.5 Å². The first-order chi connectivity index (χ1) is 17.8. The number of carbonyl (C=O) groups is 1. The van der Waals surface area contributed by atoms with E-state index in [4.69, 9.17) is 18.6 Å². The van der Waals surface area contributed by atoms with Gasteiger partial charge < -0.3 is 23.5 Å². The van der Waals surface area contributed by atoms with Crippen LogP contribution in [0.4, 0.5) is 0 Å². The first kappa shape index (κ1) is 26.0. The highest BCUT2D eigenvalue weighted by Crippen LogP contribution is 2.35. The van der Waals surface area contributed by atoms with Crippen LogP contribution in [0.3, 0.4) is 0 Å². The third-order valence-corrected chi connectivity index (χ3v) is 6.09.